The fraction of sp³-hybridized carbons (Fsp3) is 0.176. The van der Waals surface area contributed by atoms with Crippen molar-refractivity contribution in [2.24, 2.45) is 0 Å². The number of hydrogen-bond acceptors (Lipinski definition) is 2. The molecule has 4 nitrogen and oxygen atoms in total. The first-order valence-electron chi connectivity index (χ1n) is 7.20. The van der Waals surface area contributed by atoms with Crippen molar-refractivity contribution in [2.75, 3.05) is 13.1 Å². The molecule has 0 unspecified atom stereocenters. The monoisotopic (exact) mass is 352 g/mol. The average molecular weight is 353 g/mol. The van der Waals surface area contributed by atoms with E-state index in [0.29, 0.717) is 13.0 Å². The van der Waals surface area contributed by atoms with Gasteiger partial charge in [-0.2, -0.15) is 0 Å². The first kappa shape index (κ1) is 17.9. The van der Waals surface area contributed by atoms with E-state index in [4.69, 9.17) is 11.6 Å². The second-order valence-corrected chi connectivity index (χ2v) is 5.41. The molecule has 0 saturated heterocycles. The molecule has 0 radical (unpaired) electrons. The van der Waals surface area contributed by atoms with Crippen LogP contribution in [0.5, 0.6) is 0 Å². The number of carbonyl (C=O) groups excluding carboxylic acids is 2. The fourth-order valence-electron chi connectivity index (χ4n) is 2.02. The van der Waals surface area contributed by atoms with Gasteiger partial charge in [0.1, 0.15) is 11.6 Å². The predicted octanol–water partition coefficient (Wildman–Crippen LogP) is 2.71. The van der Waals surface area contributed by atoms with Crippen molar-refractivity contribution >= 4 is 23.4 Å². The van der Waals surface area contributed by atoms with Crippen LogP contribution in [0.3, 0.4) is 0 Å². The van der Waals surface area contributed by atoms with Crippen molar-refractivity contribution in [3.8, 4) is 0 Å². The first-order chi connectivity index (χ1) is 11.5. The van der Waals surface area contributed by atoms with Gasteiger partial charge in [-0.3, -0.25) is 9.59 Å². The van der Waals surface area contributed by atoms with Gasteiger partial charge in [-0.05, 0) is 36.2 Å². The van der Waals surface area contributed by atoms with Crippen LogP contribution < -0.4 is 10.6 Å². The largest absolute Gasteiger partial charge is 0.354 e. The number of carbonyl (C=O) groups is 2. The summed E-state index contributed by atoms with van der Waals surface area (Å²) >= 11 is 5.77. The molecule has 0 saturated carbocycles. The smallest absolute Gasteiger partial charge is 0.256 e. The van der Waals surface area contributed by atoms with Crippen molar-refractivity contribution in [1.29, 1.82) is 0 Å². The summed E-state index contributed by atoms with van der Waals surface area (Å²) < 4.78 is 26.3. The number of benzene rings is 2. The molecule has 7 heteroatoms. The second kappa shape index (κ2) is 8.40. The van der Waals surface area contributed by atoms with Gasteiger partial charge >= 0.3 is 0 Å². The van der Waals surface area contributed by atoms with Crippen LogP contribution >= 0.6 is 11.6 Å². The molecule has 2 rings (SSSR count). The lowest BCUT2D eigenvalue weighted by molar-refractivity contribution is -0.120. The summed E-state index contributed by atoms with van der Waals surface area (Å²) in [6.07, 6.45) is 0.527. The van der Waals surface area contributed by atoms with E-state index in [1.807, 2.05) is 0 Å². The van der Waals surface area contributed by atoms with Gasteiger partial charge in [-0.1, -0.05) is 29.8 Å². The third-order valence-corrected chi connectivity index (χ3v) is 3.56. The van der Waals surface area contributed by atoms with Gasteiger partial charge in [0, 0.05) is 6.54 Å². The Kier molecular flexibility index (Phi) is 6.26. The lowest BCUT2D eigenvalue weighted by Crippen LogP contribution is -2.38. The van der Waals surface area contributed by atoms with E-state index in [2.05, 4.69) is 10.6 Å². The van der Waals surface area contributed by atoms with Gasteiger partial charge < -0.3 is 10.6 Å². The van der Waals surface area contributed by atoms with Crippen LogP contribution in [-0.2, 0) is 11.2 Å². The topological polar surface area (TPSA) is 58.2 Å². The molecule has 2 aromatic carbocycles. The highest BCUT2D eigenvalue weighted by Gasteiger charge is 2.16. The number of rotatable bonds is 6. The zero-order chi connectivity index (χ0) is 17.5. The highest BCUT2D eigenvalue weighted by atomic mass is 35.5. The fourth-order valence-corrected chi connectivity index (χ4v) is 2.27. The minimum absolute atomic E-state index is 0.0239. The highest BCUT2D eigenvalue weighted by Crippen LogP contribution is 2.18. The summed E-state index contributed by atoms with van der Waals surface area (Å²) in [6.45, 7) is 0.0354. The molecule has 2 amide bonds. The lowest BCUT2D eigenvalue weighted by atomic mass is 10.1. The van der Waals surface area contributed by atoms with Gasteiger partial charge in [-0.25, -0.2) is 8.78 Å². The summed E-state index contributed by atoms with van der Waals surface area (Å²) in [5.41, 5.74) is 0.581. The summed E-state index contributed by atoms with van der Waals surface area (Å²) in [4.78, 5) is 23.5. The number of nitrogens with one attached hydrogen (secondary N) is 2. The number of halogens is 3. The van der Waals surface area contributed by atoms with Crippen molar-refractivity contribution in [1.82, 2.24) is 10.6 Å². The van der Waals surface area contributed by atoms with Crippen LogP contribution in [0.15, 0.2) is 42.5 Å². The van der Waals surface area contributed by atoms with Crippen molar-refractivity contribution < 1.29 is 18.4 Å². The van der Waals surface area contributed by atoms with Crippen LogP contribution in [0.25, 0.3) is 0 Å². The average Bonchev–Trinajstić information content (AvgIpc) is 2.54. The third-order valence-electron chi connectivity index (χ3n) is 3.25. The van der Waals surface area contributed by atoms with Gasteiger partial charge in [0.05, 0.1) is 17.1 Å². The maximum atomic E-state index is 13.6. The molecule has 0 aliphatic rings. The Bertz CT molecular complexity index is 716. The summed E-state index contributed by atoms with van der Waals surface area (Å²) in [5, 5.41) is 4.90. The Hall–Kier alpha value is -2.47. The minimum atomic E-state index is -0.758. The molecule has 0 heterocycles. The lowest BCUT2D eigenvalue weighted by Gasteiger charge is -2.08. The van der Waals surface area contributed by atoms with Crippen LogP contribution in [0.4, 0.5) is 8.78 Å². The predicted molar refractivity (Wildman–Crippen MR) is 86.9 cm³/mol. The Morgan fingerprint density at radius 1 is 1.00 bits per heavy atom. The Morgan fingerprint density at radius 2 is 1.71 bits per heavy atom. The molecule has 0 atom stereocenters. The molecule has 0 aromatic heterocycles. The van der Waals surface area contributed by atoms with E-state index in [-0.39, 0.29) is 22.9 Å². The molecule has 0 fully saturated rings. The maximum Gasteiger partial charge on any atom is 0.256 e. The summed E-state index contributed by atoms with van der Waals surface area (Å²) in [6, 6.07) is 9.83. The highest BCUT2D eigenvalue weighted by molar-refractivity contribution is 6.33. The summed E-state index contributed by atoms with van der Waals surface area (Å²) in [5.74, 6) is -2.25. The Balaban J connectivity index is 1.76. The molecule has 2 N–H and O–H groups in total. The number of hydrogen-bond donors (Lipinski definition) is 2. The Morgan fingerprint density at radius 3 is 2.38 bits per heavy atom. The van der Waals surface area contributed by atoms with E-state index in [1.54, 1.807) is 12.1 Å². The SMILES string of the molecule is O=C(CNC(=O)c1c(F)cccc1Cl)NCCc1ccc(F)cc1. The normalized spacial score (nSPS) is 10.3. The van der Waals surface area contributed by atoms with E-state index in [1.165, 1.54) is 24.3 Å². The molecule has 2 aromatic rings. The standard InChI is InChI=1S/C17H15ClF2N2O2/c18-13-2-1-3-14(20)16(13)17(24)22-10-15(23)21-9-8-11-4-6-12(19)7-5-11/h1-7H,8-10H2,(H,21,23)(H,22,24). The van der Waals surface area contributed by atoms with Crippen molar-refractivity contribution in [2.45, 2.75) is 6.42 Å². The van der Waals surface area contributed by atoms with E-state index >= 15 is 0 Å². The Labute approximate surface area is 142 Å². The molecule has 0 aliphatic carbocycles. The van der Waals surface area contributed by atoms with Gasteiger partial charge in [0.25, 0.3) is 5.91 Å². The molecule has 0 aliphatic heterocycles. The molecule has 126 valence electrons. The maximum absolute atomic E-state index is 13.6. The van der Waals surface area contributed by atoms with E-state index < -0.39 is 17.6 Å². The zero-order valence-electron chi connectivity index (χ0n) is 12.6. The zero-order valence-corrected chi connectivity index (χ0v) is 13.4. The van der Waals surface area contributed by atoms with Gasteiger partial charge in [0.2, 0.25) is 5.91 Å². The third kappa shape index (κ3) is 5.03. The molecular weight excluding hydrogens is 338 g/mol. The van der Waals surface area contributed by atoms with Crippen LogP contribution in [-0.4, -0.2) is 24.9 Å². The van der Waals surface area contributed by atoms with Crippen molar-refractivity contribution in [3.63, 3.8) is 0 Å². The van der Waals surface area contributed by atoms with Crippen LogP contribution in [0, 0.1) is 11.6 Å². The second-order valence-electron chi connectivity index (χ2n) is 5.01. The minimum Gasteiger partial charge on any atom is -0.354 e. The molecular formula is C17H15ClF2N2O2. The van der Waals surface area contributed by atoms with E-state index in [0.717, 1.165) is 11.6 Å². The van der Waals surface area contributed by atoms with Crippen molar-refractivity contribution in [3.05, 3.63) is 70.2 Å². The van der Waals surface area contributed by atoms with Gasteiger partial charge in [0.15, 0.2) is 0 Å². The van der Waals surface area contributed by atoms with Crippen LogP contribution in [0.2, 0.25) is 5.02 Å². The first-order valence-corrected chi connectivity index (χ1v) is 7.58. The number of amides is 2. The van der Waals surface area contributed by atoms with E-state index in [9.17, 15) is 18.4 Å². The summed E-state index contributed by atoms with van der Waals surface area (Å²) in [7, 11) is 0. The molecule has 0 bridgehead atoms. The molecule has 0 spiro atoms. The van der Waals surface area contributed by atoms with Crippen LogP contribution in [0.1, 0.15) is 15.9 Å². The molecule has 24 heavy (non-hydrogen) atoms. The quantitative estimate of drug-likeness (QED) is 0.839. The van der Waals surface area contributed by atoms with Gasteiger partial charge in [-0.15, -0.1) is 0 Å².